The fraction of sp³-hybridized carbons (Fsp3) is 0.208. The smallest absolute Gasteiger partial charge is 0.242 e. The molecule has 33 heavy (non-hydrogen) atoms. The number of aryl methyl sites for hydroxylation is 1. The molecule has 0 unspecified atom stereocenters. The monoisotopic (exact) mass is 488 g/mol. The van der Waals surface area contributed by atoms with E-state index in [1.54, 1.807) is 18.2 Å². The fourth-order valence-corrected chi connectivity index (χ4v) is 4.61. The topological polar surface area (TPSA) is 93.7 Å². The van der Waals surface area contributed by atoms with Crippen molar-refractivity contribution >= 4 is 33.2 Å². The van der Waals surface area contributed by atoms with Gasteiger partial charge in [-0.25, -0.2) is 8.42 Å². The van der Waals surface area contributed by atoms with E-state index in [-0.39, 0.29) is 17.1 Å². The lowest BCUT2D eigenvalue weighted by molar-refractivity contribution is -0.117. The zero-order valence-corrected chi connectivity index (χ0v) is 20.0. The van der Waals surface area contributed by atoms with E-state index in [4.69, 9.17) is 21.1 Å². The van der Waals surface area contributed by atoms with E-state index in [2.05, 4.69) is 10.0 Å². The Bertz CT molecular complexity index is 1230. The molecule has 0 radical (unpaired) electrons. The Hall–Kier alpha value is -3.07. The Morgan fingerprint density at radius 2 is 1.67 bits per heavy atom. The van der Waals surface area contributed by atoms with Crippen molar-refractivity contribution in [2.75, 3.05) is 19.5 Å². The Morgan fingerprint density at radius 1 is 0.970 bits per heavy atom. The Morgan fingerprint density at radius 3 is 2.33 bits per heavy atom. The maximum absolute atomic E-state index is 13.2. The highest BCUT2D eigenvalue weighted by Crippen LogP contribution is 2.29. The molecule has 0 spiro atoms. The minimum absolute atomic E-state index is 0.0510. The van der Waals surface area contributed by atoms with Crippen molar-refractivity contribution in [3.05, 3.63) is 82.9 Å². The number of sulfonamides is 1. The van der Waals surface area contributed by atoms with E-state index in [1.807, 2.05) is 37.3 Å². The SMILES string of the molecule is COc1ccc(S(=O)(=O)N[C@@H](Cc2ccccc2)C(=O)Nc2cc(Cl)ccc2C)cc1OC. The number of rotatable bonds is 9. The minimum atomic E-state index is -4.07. The molecule has 0 fully saturated rings. The van der Waals surface area contributed by atoms with Crippen molar-refractivity contribution in [1.29, 1.82) is 0 Å². The predicted octanol–water partition coefficient (Wildman–Crippen LogP) is 4.19. The molecule has 2 N–H and O–H groups in total. The standard InChI is InChI=1S/C24H25ClN2O5S/c1-16-9-10-18(25)14-20(16)26-24(28)21(13-17-7-5-4-6-8-17)27-33(29,30)19-11-12-22(31-2)23(15-19)32-3/h4-12,14-15,21,27H,13H2,1-3H3,(H,26,28)/t21-/m0/s1. The lowest BCUT2D eigenvalue weighted by Gasteiger charge is -2.20. The van der Waals surface area contributed by atoms with Gasteiger partial charge in [0.25, 0.3) is 0 Å². The van der Waals surface area contributed by atoms with Crippen LogP contribution in [0.15, 0.2) is 71.6 Å². The summed E-state index contributed by atoms with van der Waals surface area (Å²) in [5, 5.41) is 3.25. The highest BCUT2D eigenvalue weighted by Gasteiger charge is 2.27. The maximum atomic E-state index is 13.2. The molecule has 0 heterocycles. The second kappa shape index (κ2) is 10.7. The van der Waals surface area contributed by atoms with Crippen LogP contribution in [0.5, 0.6) is 11.5 Å². The van der Waals surface area contributed by atoms with Gasteiger partial charge >= 0.3 is 0 Å². The van der Waals surface area contributed by atoms with E-state index in [1.165, 1.54) is 32.4 Å². The van der Waals surface area contributed by atoms with Gasteiger partial charge < -0.3 is 14.8 Å². The first-order chi connectivity index (χ1) is 15.7. The summed E-state index contributed by atoms with van der Waals surface area (Å²) in [6.07, 6.45) is 0.152. The molecule has 0 saturated heterocycles. The number of halogens is 1. The van der Waals surface area contributed by atoms with Crippen molar-refractivity contribution in [3.63, 3.8) is 0 Å². The van der Waals surface area contributed by atoms with Crippen LogP contribution in [0.2, 0.25) is 5.02 Å². The molecule has 3 aromatic carbocycles. The quantitative estimate of drug-likeness (QED) is 0.471. The Kier molecular flexibility index (Phi) is 7.97. The lowest BCUT2D eigenvalue weighted by Crippen LogP contribution is -2.45. The van der Waals surface area contributed by atoms with Crippen LogP contribution in [0, 0.1) is 6.92 Å². The molecular weight excluding hydrogens is 464 g/mol. The van der Waals surface area contributed by atoms with Gasteiger partial charge in [-0.15, -0.1) is 0 Å². The number of anilines is 1. The van der Waals surface area contributed by atoms with Gasteiger partial charge in [0.1, 0.15) is 6.04 Å². The first kappa shape index (κ1) is 24.6. The molecule has 3 aromatic rings. The number of ether oxygens (including phenoxy) is 2. The third kappa shape index (κ3) is 6.25. The number of amides is 1. The van der Waals surface area contributed by atoms with Crippen LogP contribution in [0.1, 0.15) is 11.1 Å². The average molecular weight is 489 g/mol. The summed E-state index contributed by atoms with van der Waals surface area (Å²) in [5.74, 6) is 0.152. The van der Waals surface area contributed by atoms with Crippen molar-refractivity contribution in [2.24, 2.45) is 0 Å². The molecule has 0 aliphatic heterocycles. The molecule has 0 aliphatic rings. The number of benzene rings is 3. The zero-order chi connectivity index (χ0) is 24.0. The molecule has 1 amide bonds. The number of carbonyl (C=O) groups excluding carboxylic acids is 1. The summed E-state index contributed by atoms with van der Waals surface area (Å²) in [4.78, 5) is 13.1. The summed E-state index contributed by atoms with van der Waals surface area (Å²) < 4.78 is 39.3. The van der Waals surface area contributed by atoms with Gasteiger partial charge in [0.2, 0.25) is 15.9 Å². The van der Waals surface area contributed by atoms with Crippen LogP contribution in [0.4, 0.5) is 5.69 Å². The minimum Gasteiger partial charge on any atom is -0.493 e. The molecule has 0 aromatic heterocycles. The van der Waals surface area contributed by atoms with Gasteiger partial charge in [0.15, 0.2) is 11.5 Å². The summed E-state index contributed by atoms with van der Waals surface area (Å²) >= 11 is 6.06. The highest BCUT2D eigenvalue weighted by atomic mass is 35.5. The van der Waals surface area contributed by atoms with E-state index in [9.17, 15) is 13.2 Å². The third-order valence-electron chi connectivity index (χ3n) is 5.02. The highest BCUT2D eigenvalue weighted by molar-refractivity contribution is 7.89. The number of nitrogens with one attached hydrogen (secondary N) is 2. The summed E-state index contributed by atoms with van der Waals surface area (Å²) in [6, 6.07) is 17.4. The largest absolute Gasteiger partial charge is 0.493 e. The maximum Gasteiger partial charge on any atom is 0.242 e. The van der Waals surface area contributed by atoms with E-state index >= 15 is 0 Å². The normalized spacial score (nSPS) is 12.1. The van der Waals surface area contributed by atoms with Gasteiger partial charge in [0.05, 0.1) is 19.1 Å². The van der Waals surface area contributed by atoms with Crippen LogP contribution >= 0.6 is 11.6 Å². The zero-order valence-electron chi connectivity index (χ0n) is 18.5. The number of carbonyl (C=O) groups is 1. The molecule has 0 bridgehead atoms. The van der Waals surface area contributed by atoms with Crippen molar-refractivity contribution in [2.45, 2.75) is 24.3 Å². The van der Waals surface area contributed by atoms with Crippen molar-refractivity contribution in [3.8, 4) is 11.5 Å². The van der Waals surface area contributed by atoms with Crippen LogP contribution in [0.25, 0.3) is 0 Å². The van der Waals surface area contributed by atoms with Gasteiger partial charge in [-0.05, 0) is 48.7 Å². The molecule has 9 heteroatoms. The summed E-state index contributed by atoms with van der Waals surface area (Å²) in [5.41, 5.74) is 2.11. The van der Waals surface area contributed by atoms with Crippen LogP contribution in [-0.2, 0) is 21.2 Å². The fourth-order valence-electron chi connectivity index (χ4n) is 3.23. The van der Waals surface area contributed by atoms with Crippen molar-refractivity contribution < 1.29 is 22.7 Å². The lowest BCUT2D eigenvalue weighted by atomic mass is 10.1. The van der Waals surface area contributed by atoms with E-state index in [0.717, 1.165) is 11.1 Å². The van der Waals surface area contributed by atoms with Crippen molar-refractivity contribution in [1.82, 2.24) is 4.72 Å². The first-order valence-corrected chi connectivity index (χ1v) is 11.9. The van der Waals surface area contributed by atoms with Gasteiger partial charge in [-0.3, -0.25) is 4.79 Å². The van der Waals surface area contributed by atoms with Crippen LogP contribution in [0.3, 0.4) is 0 Å². The van der Waals surface area contributed by atoms with Crippen LogP contribution < -0.4 is 19.5 Å². The number of hydrogen-bond acceptors (Lipinski definition) is 5. The number of methoxy groups -OCH3 is 2. The summed E-state index contributed by atoms with van der Waals surface area (Å²) in [7, 11) is -1.19. The number of hydrogen-bond donors (Lipinski definition) is 2. The summed E-state index contributed by atoms with van der Waals surface area (Å²) in [6.45, 7) is 1.83. The second-order valence-electron chi connectivity index (χ2n) is 7.33. The molecule has 0 aliphatic carbocycles. The van der Waals surface area contributed by atoms with Gasteiger partial charge in [0, 0.05) is 16.8 Å². The molecule has 0 saturated carbocycles. The molecule has 1 atom stereocenters. The average Bonchev–Trinajstić information content (AvgIpc) is 2.81. The van der Waals surface area contributed by atoms with Gasteiger partial charge in [-0.1, -0.05) is 48.0 Å². The van der Waals surface area contributed by atoms with E-state index < -0.39 is 22.0 Å². The third-order valence-corrected chi connectivity index (χ3v) is 6.72. The predicted molar refractivity (Wildman–Crippen MR) is 129 cm³/mol. The Labute approximate surface area is 198 Å². The molecular formula is C24H25ClN2O5S. The molecule has 174 valence electrons. The van der Waals surface area contributed by atoms with Gasteiger partial charge in [-0.2, -0.15) is 4.72 Å². The Balaban J connectivity index is 1.92. The molecule has 7 nitrogen and oxygen atoms in total. The first-order valence-electron chi connectivity index (χ1n) is 10.1. The molecule has 3 rings (SSSR count). The van der Waals surface area contributed by atoms with Crippen LogP contribution in [-0.4, -0.2) is 34.6 Å². The second-order valence-corrected chi connectivity index (χ2v) is 9.48. The van der Waals surface area contributed by atoms with E-state index in [0.29, 0.717) is 16.5 Å².